The van der Waals surface area contributed by atoms with Crippen molar-refractivity contribution in [1.82, 2.24) is 10.2 Å². The third-order valence-electron chi connectivity index (χ3n) is 4.56. The number of methoxy groups -OCH3 is 1. The average Bonchev–Trinajstić information content (AvgIpc) is 2.77. The molecule has 1 aliphatic rings. The van der Waals surface area contributed by atoms with Gasteiger partial charge in [-0.15, -0.1) is 0 Å². The number of β-lactam (4-membered cyclic amide) rings is 1. The largest absolute Gasteiger partial charge is 0.445 e. The lowest BCUT2D eigenvalue weighted by Gasteiger charge is -2.41. The number of nitro groups is 1. The van der Waals surface area contributed by atoms with Gasteiger partial charge in [0.25, 0.3) is 5.69 Å². The van der Waals surface area contributed by atoms with Crippen LogP contribution in [0.1, 0.15) is 15.9 Å². The van der Waals surface area contributed by atoms with Gasteiger partial charge in [0.1, 0.15) is 12.6 Å². The summed E-state index contributed by atoms with van der Waals surface area (Å²) in [6.07, 6.45) is -1.94. The van der Waals surface area contributed by atoms with E-state index in [-0.39, 0.29) is 24.4 Å². The lowest BCUT2D eigenvalue weighted by molar-refractivity contribution is -0.384. The molecule has 1 aliphatic heterocycles. The van der Waals surface area contributed by atoms with Gasteiger partial charge in [0.15, 0.2) is 6.23 Å². The standard InChI is InChI=1S/C20H19N3O7/c1-29-19(17(24)14-7-9-15(10-8-14)23(27)28)22-11-16(18(22)25)21-20(26)30-12-13-5-3-2-4-6-13/h2-10,16,19H,11-12H2,1H3,(H,21,26). The molecule has 10 heteroatoms. The molecule has 156 valence electrons. The van der Waals surface area contributed by atoms with Gasteiger partial charge in [-0.05, 0) is 17.7 Å². The van der Waals surface area contributed by atoms with Crippen molar-refractivity contribution in [2.24, 2.45) is 0 Å². The number of rotatable bonds is 8. The fourth-order valence-corrected chi connectivity index (χ4v) is 2.94. The van der Waals surface area contributed by atoms with Crippen LogP contribution in [0, 0.1) is 10.1 Å². The summed E-state index contributed by atoms with van der Waals surface area (Å²) in [5, 5.41) is 13.2. The molecular weight excluding hydrogens is 394 g/mol. The van der Waals surface area contributed by atoms with Crippen molar-refractivity contribution in [3.05, 3.63) is 75.8 Å². The Hall–Kier alpha value is -3.79. The first-order chi connectivity index (χ1) is 14.4. The molecule has 1 saturated heterocycles. The van der Waals surface area contributed by atoms with E-state index in [2.05, 4.69) is 5.32 Å². The van der Waals surface area contributed by atoms with Crippen LogP contribution in [0.3, 0.4) is 0 Å². The van der Waals surface area contributed by atoms with Crippen LogP contribution < -0.4 is 5.32 Å². The van der Waals surface area contributed by atoms with Gasteiger partial charge in [-0.2, -0.15) is 0 Å². The highest BCUT2D eigenvalue weighted by Crippen LogP contribution is 2.20. The van der Waals surface area contributed by atoms with E-state index >= 15 is 0 Å². The molecule has 2 amide bonds. The number of nitro benzene ring substituents is 1. The zero-order valence-electron chi connectivity index (χ0n) is 16.0. The summed E-state index contributed by atoms with van der Waals surface area (Å²) in [6.45, 7) is 0.132. The molecule has 30 heavy (non-hydrogen) atoms. The highest BCUT2D eigenvalue weighted by molar-refractivity contribution is 6.03. The molecule has 0 radical (unpaired) electrons. The van der Waals surface area contributed by atoms with Crippen LogP contribution in [0.5, 0.6) is 0 Å². The van der Waals surface area contributed by atoms with E-state index < -0.39 is 35.0 Å². The fraction of sp³-hybridized carbons (Fsp3) is 0.250. The van der Waals surface area contributed by atoms with Crippen molar-refractivity contribution in [3.63, 3.8) is 0 Å². The Morgan fingerprint density at radius 2 is 1.87 bits per heavy atom. The summed E-state index contributed by atoms with van der Waals surface area (Å²) in [5.74, 6) is -1.01. The molecule has 1 heterocycles. The van der Waals surface area contributed by atoms with Crippen LogP contribution in [-0.2, 0) is 20.9 Å². The molecule has 3 rings (SSSR count). The van der Waals surface area contributed by atoms with Crippen molar-refractivity contribution in [3.8, 4) is 0 Å². The van der Waals surface area contributed by atoms with Gasteiger partial charge in [-0.25, -0.2) is 4.79 Å². The lowest BCUT2D eigenvalue weighted by atomic mass is 10.0. The zero-order valence-corrected chi connectivity index (χ0v) is 16.0. The average molecular weight is 413 g/mol. The van der Waals surface area contributed by atoms with E-state index in [0.29, 0.717) is 0 Å². The Bertz CT molecular complexity index is 947. The van der Waals surface area contributed by atoms with E-state index in [1.54, 1.807) is 12.1 Å². The number of ether oxygens (including phenoxy) is 2. The summed E-state index contributed by atoms with van der Waals surface area (Å²) in [7, 11) is 1.27. The van der Waals surface area contributed by atoms with Crippen LogP contribution in [0.4, 0.5) is 10.5 Å². The van der Waals surface area contributed by atoms with Crippen molar-refractivity contribution in [1.29, 1.82) is 0 Å². The topological polar surface area (TPSA) is 128 Å². The molecule has 0 aliphatic carbocycles. The zero-order chi connectivity index (χ0) is 21.7. The van der Waals surface area contributed by atoms with E-state index in [4.69, 9.17) is 9.47 Å². The van der Waals surface area contributed by atoms with Crippen LogP contribution in [0.15, 0.2) is 54.6 Å². The minimum atomic E-state index is -1.20. The second-order valence-corrected chi connectivity index (χ2v) is 6.51. The number of amides is 2. The second-order valence-electron chi connectivity index (χ2n) is 6.51. The maximum Gasteiger partial charge on any atom is 0.408 e. The maximum absolute atomic E-state index is 12.6. The van der Waals surface area contributed by atoms with Crippen molar-refractivity contribution < 1.29 is 28.8 Å². The Morgan fingerprint density at radius 1 is 1.20 bits per heavy atom. The normalized spacial score (nSPS) is 16.4. The monoisotopic (exact) mass is 413 g/mol. The summed E-state index contributed by atoms with van der Waals surface area (Å²) < 4.78 is 10.2. The van der Waals surface area contributed by atoms with Crippen molar-refractivity contribution >= 4 is 23.5 Å². The summed E-state index contributed by atoms with van der Waals surface area (Å²) in [5.41, 5.74) is 0.820. The second kappa shape index (κ2) is 9.14. The van der Waals surface area contributed by atoms with Crippen LogP contribution >= 0.6 is 0 Å². The first-order valence-electron chi connectivity index (χ1n) is 9.00. The van der Waals surface area contributed by atoms with E-state index in [1.165, 1.54) is 36.3 Å². The van der Waals surface area contributed by atoms with Crippen LogP contribution in [0.25, 0.3) is 0 Å². The number of hydrogen-bond donors (Lipinski definition) is 1. The molecule has 1 fully saturated rings. The highest BCUT2D eigenvalue weighted by atomic mass is 16.6. The molecule has 0 aromatic heterocycles. The first-order valence-corrected chi connectivity index (χ1v) is 9.00. The van der Waals surface area contributed by atoms with Gasteiger partial charge in [0.05, 0.1) is 11.5 Å². The Labute approximate surface area is 171 Å². The Kier molecular flexibility index (Phi) is 6.38. The van der Waals surface area contributed by atoms with Gasteiger partial charge >= 0.3 is 6.09 Å². The predicted molar refractivity (Wildman–Crippen MR) is 103 cm³/mol. The molecular formula is C20H19N3O7. The number of nitrogens with one attached hydrogen (secondary N) is 1. The van der Waals surface area contributed by atoms with Gasteiger partial charge in [0.2, 0.25) is 11.7 Å². The number of likely N-dealkylation sites (tertiary alicyclic amines) is 1. The summed E-state index contributed by atoms with van der Waals surface area (Å²) >= 11 is 0. The number of hydrogen-bond acceptors (Lipinski definition) is 7. The smallest absolute Gasteiger partial charge is 0.408 e. The molecule has 10 nitrogen and oxygen atoms in total. The lowest BCUT2D eigenvalue weighted by Crippen LogP contribution is -2.68. The number of benzene rings is 2. The molecule has 0 spiro atoms. The number of nitrogens with zero attached hydrogens (tertiary/aromatic N) is 2. The third kappa shape index (κ3) is 4.61. The highest BCUT2D eigenvalue weighted by Gasteiger charge is 2.44. The minimum Gasteiger partial charge on any atom is -0.445 e. The van der Waals surface area contributed by atoms with E-state index in [0.717, 1.165) is 5.56 Å². The third-order valence-corrected chi connectivity index (χ3v) is 4.56. The van der Waals surface area contributed by atoms with Gasteiger partial charge in [-0.3, -0.25) is 19.7 Å². The van der Waals surface area contributed by atoms with Gasteiger partial charge < -0.3 is 19.7 Å². The molecule has 2 atom stereocenters. The summed E-state index contributed by atoms with van der Waals surface area (Å²) in [6, 6.07) is 13.3. The number of alkyl carbamates (subject to hydrolysis) is 1. The van der Waals surface area contributed by atoms with Gasteiger partial charge in [-0.1, -0.05) is 30.3 Å². The minimum absolute atomic E-state index is 0.0660. The van der Waals surface area contributed by atoms with Gasteiger partial charge in [0, 0.05) is 24.8 Å². The van der Waals surface area contributed by atoms with Crippen LogP contribution in [0.2, 0.25) is 0 Å². The Morgan fingerprint density at radius 3 is 2.43 bits per heavy atom. The van der Waals surface area contributed by atoms with Crippen LogP contribution in [-0.4, -0.2) is 53.5 Å². The molecule has 2 unspecified atom stereocenters. The molecule has 0 bridgehead atoms. The maximum atomic E-state index is 12.6. The van der Waals surface area contributed by atoms with Crippen molar-refractivity contribution in [2.75, 3.05) is 13.7 Å². The number of non-ortho nitro benzene ring substituents is 1. The number of ketones is 1. The number of carbonyl (C=O) groups excluding carboxylic acids is 3. The first kappa shape index (κ1) is 20.9. The van der Waals surface area contributed by atoms with E-state index in [9.17, 15) is 24.5 Å². The molecule has 1 N–H and O–H groups in total. The predicted octanol–water partition coefficient (Wildman–Crippen LogP) is 1.89. The molecule has 0 saturated carbocycles. The number of Topliss-reactive ketones (excluding diaryl/α,β-unsaturated/α-hetero) is 1. The number of carbonyl (C=O) groups is 3. The Balaban J connectivity index is 1.54. The van der Waals surface area contributed by atoms with E-state index in [1.807, 2.05) is 18.2 Å². The van der Waals surface area contributed by atoms with Crippen molar-refractivity contribution in [2.45, 2.75) is 18.9 Å². The SMILES string of the molecule is COC(C(=O)c1ccc([N+](=O)[O-])cc1)N1CC(NC(=O)OCc2ccccc2)C1=O. The summed E-state index contributed by atoms with van der Waals surface area (Å²) in [4.78, 5) is 48.2. The fourth-order valence-electron chi connectivity index (χ4n) is 2.94. The quantitative estimate of drug-likeness (QED) is 0.303. The molecule has 2 aromatic carbocycles. The molecule has 2 aromatic rings.